The van der Waals surface area contributed by atoms with E-state index in [0.29, 0.717) is 5.56 Å². The van der Waals surface area contributed by atoms with Gasteiger partial charge >= 0.3 is 5.69 Å². The molecule has 1 fully saturated rings. The molecule has 0 aliphatic heterocycles. The van der Waals surface area contributed by atoms with Crippen molar-refractivity contribution in [2.45, 2.75) is 52.0 Å². The summed E-state index contributed by atoms with van der Waals surface area (Å²) in [5.74, 6) is 0.753. The summed E-state index contributed by atoms with van der Waals surface area (Å²) in [5, 5.41) is 0. The second-order valence-corrected chi connectivity index (χ2v) is 5.06. The van der Waals surface area contributed by atoms with Crippen LogP contribution < -0.4 is 11.2 Å². The van der Waals surface area contributed by atoms with Crippen molar-refractivity contribution in [2.75, 3.05) is 0 Å². The summed E-state index contributed by atoms with van der Waals surface area (Å²) < 4.78 is 1.63. The van der Waals surface area contributed by atoms with E-state index in [2.05, 4.69) is 4.98 Å². The highest BCUT2D eigenvalue weighted by molar-refractivity contribution is 5.00. The first-order valence-electron chi connectivity index (χ1n) is 6.47. The third-order valence-electron chi connectivity index (χ3n) is 3.69. The molecule has 1 aliphatic carbocycles. The van der Waals surface area contributed by atoms with Crippen molar-refractivity contribution in [3.63, 3.8) is 0 Å². The van der Waals surface area contributed by atoms with Gasteiger partial charge in [-0.3, -0.25) is 9.78 Å². The molecular weight excluding hydrogens is 216 g/mol. The number of aryl methyl sites for hydroxylation is 2. The molecule has 0 aromatic carbocycles. The van der Waals surface area contributed by atoms with E-state index in [0.717, 1.165) is 18.9 Å². The van der Waals surface area contributed by atoms with E-state index >= 15 is 0 Å². The number of hydrogen-bond acceptors (Lipinski definition) is 2. The van der Waals surface area contributed by atoms with E-state index in [9.17, 15) is 9.59 Å². The highest BCUT2D eigenvalue weighted by atomic mass is 16.2. The third kappa shape index (κ3) is 3.08. The lowest BCUT2D eigenvalue weighted by atomic mass is 9.87. The largest absolute Gasteiger partial charge is 0.328 e. The average Bonchev–Trinajstić information content (AvgIpc) is 2.33. The van der Waals surface area contributed by atoms with Gasteiger partial charge in [0.2, 0.25) is 0 Å². The molecule has 0 atom stereocenters. The molecule has 4 nitrogen and oxygen atoms in total. The molecule has 1 heterocycles. The van der Waals surface area contributed by atoms with Crippen LogP contribution >= 0.6 is 0 Å². The van der Waals surface area contributed by atoms with Gasteiger partial charge in [-0.2, -0.15) is 0 Å². The minimum Gasteiger partial charge on any atom is -0.300 e. The number of hydrogen-bond donors (Lipinski definition) is 1. The second-order valence-electron chi connectivity index (χ2n) is 5.06. The number of nitrogens with one attached hydrogen (secondary N) is 1. The van der Waals surface area contributed by atoms with E-state index in [1.54, 1.807) is 17.7 Å². The molecule has 1 aromatic rings. The molecule has 0 amide bonds. The van der Waals surface area contributed by atoms with Gasteiger partial charge in [-0.1, -0.05) is 32.1 Å². The van der Waals surface area contributed by atoms with E-state index in [1.165, 1.54) is 32.1 Å². The zero-order chi connectivity index (χ0) is 12.3. The summed E-state index contributed by atoms with van der Waals surface area (Å²) in [5.41, 5.74) is 0.0496. The van der Waals surface area contributed by atoms with Crippen molar-refractivity contribution >= 4 is 0 Å². The lowest BCUT2D eigenvalue weighted by molar-refractivity contribution is 0.321. The van der Waals surface area contributed by atoms with Gasteiger partial charge in [0.1, 0.15) is 0 Å². The predicted molar refractivity (Wildman–Crippen MR) is 67.3 cm³/mol. The monoisotopic (exact) mass is 236 g/mol. The smallest absolute Gasteiger partial charge is 0.300 e. The summed E-state index contributed by atoms with van der Waals surface area (Å²) in [6, 6.07) is 0. The van der Waals surface area contributed by atoms with Crippen LogP contribution in [-0.4, -0.2) is 9.55 Å². The zero-order valence-corrected chi connectivity index (χ0v) is 10.4. The van der Waals surface area contributed by atoms with Crippen molar-refractivity contribution in [3.8, 4) is 0 Å². The van der Waals surface area contributed by atoms with Crippen LogP contribution in [0.1, 0.15) is 44.1 Å². The summed E-state index contributed by atoms with van der Waals surface area (Å²) >= 11 is 0. The average molecular weight is 236 g/mol. The van der Waals surface area contributed by atoms with Gasteiger partial charge in [0, 0.05) is 18.3 Å². The highest BCUT2D eigenvalue weighted by Crippen LogP contribution is 2.26. The quantitative estimate of drug-likeness (QED) is 0.870. The van der Waals surface area contributed by atoms with Gasteiger partial charge in [0.15, 0.2) is 0 Å². The molecule has 1 aromatic heterocycles. The van der Waals surface area contributed by atoms with E-state index < -0.39 is 0 Å². The molecule has 17 heavy (non-hydrogen) atoms. The maximum atomic E-state index is 11.6. The second kappa shape index (κ2) is 5.34. The van der Waals surface area contributed by atoms with Crippen molar-refractivity contribution in [3.05, 3.63) is 32.6 Å². The molecule has 0 spiro atoms. The van der Waals surface area contributed by atoms with Gasteiger partial charge in [-0.25, -0.2) is 4.79 Å². The van der Waals surface area contributed by atoms with Crippen LogP contribution in [0.2, 0.25) is 0 Å². The first kappa shape index (κ1) is 12.1. The number of rotatable bonds is 3. The molecule has 0 bridgehead atoms. The molecule has 1 N–H and O–H groups in total. The molecule has 0 unspecified atom stereocenters. The predicted octanol–water partition coefficient (Wildman–Crippen LogP) is 1.82. The van der Waals surface area contributed by atoms with Crippen LogP contribution in [0.5, 0.6) is 0 Å². The minimum atomic E-state index is -0.281. The standard InChI is InChI=1S/C13H20N2O2/c1-10-9-15(13(17)14-12(10)16)8-7-11-5-3-2-4-6-11/h9,11H,2-8H2,1H3,(H,14,16,17). The number of aromatic nitrogens is 2. The Balaban J connectivity index is 2.01. The molecule has 0 saturated heterocycles. The summed E-state index contributed by atoms with van der Waals surface area (Å²) in [4.78, 5) is 25.1. The van der Waals surface area contributed by atoms with Crippen LogP contribution in [0.15, 0.2) is 15.8 Å². The maximum absolute atomic E-state index is 11.6. The Morgan fingerprint density at radius 1 is 1.29 bits per heavy atom. The van der Waals surface area contributed by atoms with Crippen LogP contribution in [0.3, 0.4) is 0 Å². The van der Waals surface area contributed by atoms with Crippen LogP contribution in [0.25, 0.3) is 0 Å². The van der Waals surface area contributed by atoms with Crippen molar-refractivity contribution < 1.29 is 0 Å². The maximum Gasteiger partial charge on any atom is 0.328 e. The fourth-order valence-electron chi connectivity index (χ4n) is 2.58. The molecule has 94 valence electrons. The van der Waals surface area contributed by atoms with Gasteiger partial charge in [0.25, 0.3) is 5.56 Å². The first-order valence-corrected chi connectivity index (χ1v) is 6.47. The number of aromatic amines is 1. The van der Waals surface area contributed by atoms with Gasteiger partial charge < -0.3 is 4.57 Å². The molecule has 1 saturated carbocycles. The van der Waals surface area contributed by atoms with Gasteiger partial charge in [0.05, 0.1) is 0 Å². The molecule has 1 aliphatic rings. The minimum absolute atomic E-state index is 0.274. The fourth-order valence-corrected chi connectivity index (χ4v) is 2.58. The Morgan fingerprint density at radius 3 is 2.71 bits per heavy atom. The Hall–Kier alpha value is -1.32. The summed E-state index contributed by atoms with van der Waals surface area (Å²) in [6.45, 7) is 2.45. The van der Waals surface area contributed by atoms with Crippen molar-refractivity contribution in [1.29, 1.82) is 0 Å². The molecule has 2 rings (SSSR count). The van der Waals surface area contributed by atoms with Crippen LogP contribution in [0, 0.1) is 12.8 Å². The fraction of sp³-hybridized carbons (Fsp3) is 0.692. The topological polar surface area (TPSA) is 54.9 Å². The zero-order valence-electron chi connectivity index (χ0n) is 10.4. The first-order chi connectivity index (χ1) is 8.16. The Bertz CT molecular complexity index is 481. The lowest BCUT2D eigenvalue weighted by Crippen LogP contribution is -2.31. The molecular formula is C13H20N2O2. The normalized spacial score (nSPS) is 17.2. The Morgan fingerprint density at radius 2 is 2.00 bits per heavy atom. The van der Waals surface area contributed by atoms with Gasteiger partial charge in [-0.15, -0.1) is 0 Å². The Kier molecular flexibility index (Phi) is 3.82. The SMILES string of the molecule is Cc1cn(CCC2CCCCC2)c(=O)[nH]c1=O. The highest BCUT2D eigenvalue weighted by Gasteiger charge is 2.13. The van der Waals surface area contributed by atoms with Crippen molar-refractivity contribution in [2.24, 2.45) is 5.92 Å². The molecule has 4 heteroatoms. The lowest BCUT2D eigenvalue weighted by Gasteiger charge is -2.21. The van der Waals surface area contributed by atoms with E-state index in [4.69, 9.17) is 0 Å². The number of H-pyrrole nitrogens is 1. The third-order valence-corrected chi connectivity index (χ3v) is 3.69. The van der Waals surface area contributed by atoms with Crippen LogP contribution in [-0.2, 0) is 6.54 Å². The Labute approximate surface area is 101 Å². The summed E-state index contributed by atoms with van der Waals surface area (Å²) in [7, 11) is 0. The van der Waals surface area contributed by atoms with E-state index in [-0.39, 0.29) is 11.2 Å². The van der Waals surface area contributed by atoms with Gasteiger partial charge in [-0.05, 0) is 19.3 Å². The van der Waals surface area contributed by atoms with E-state index in [1.807, 2.05) is 0 Å². The number of nitrogens with zero attached hydrogens (tertiary/aromatic N) is 1. The molecule has 0 radical (unpaired) electrons. The summed E-state index contributed by atoms with van der Waals surface area (Å²) in [6.07, 6.45) is 9.30. The van der Waals surface area contributed by atoms with Crippen molar-refractivity contribution in [1.82, 2.24) is 9.55 Å². The van der Waals surface area contributed by atoms with Crippen LogP contribution in [0.4, 0.5) is 0 Å².